The zero-order chi connectivity index (χ0) is 33.2. The Balaban J connectivity index is 1.59. The van der Waals surface area contributed by atoms with Crippen LogP contribution in [-0.4, -0.2) is 39.4 Å². The van der Waals surface area contributed by atoms with E-state index < -0.39 is 11.1 Å². The van der Waals surface area contributed by atoms with Gasteiger partial charge in [0.15, 0.2) is 0 Å². The number of amides is 1. The lowest BCUT2D eigenvalue weighted by Crippen LogP contribution is -2.49. The first kappa shape index (κ1) is 34.6. The Morgan fingerprint density at radius 1 is 0.652 bits per heavy atom. The van der Waals surface area contributed by atoms with Crippen LogP contribution in [0.4, 0.5) is 0 Å². The minimum absolute atomic E-state index is 0.0481. The zero-order valence-electron chi connectivity index (χ0n) is 28.4. The molecule has 4 aromatic rings. The number of carbonyl (C=O) groups is 1. The summed E-state index contributed by atoms with van der Waals surface area (Å²) in [5, 5.41) is 3.36. The third-order valence-corrected chi connectivity index (χ3v) is 8.74. The molecule has 0 radical (unpaired) electrons. The largest absolute Gasteiger partial charge is 0.497 e. The molecule has 6 heteroatoms. The summed E-state index contributed by atoms with van der Waals surface area (Å²) >= 11 is 0. The van der Waals surface area contributed by atoms with Gasteiger partial charge in [0.1, 0.15) is 22.8 Å². The Bertz CT molecular complexity index is 1470. The molecule has 0 aliphatic rings. The van der Waals surface area contributed by atoms with E-state index in [1.807, 2.05) is 66.7 Å². The lowest BCUT2D eigenvalue weighted by molar-refractivity contribution is -0.123. The Morgan fingerprint density at radius 3 is 1.57 bits per heavy atom. The highest BCUT2D eigenvalue weighted by Crippen LogP contribution is 2.43. The van der Waals surface area contributed by atoms with Crippen LogP contribution in [0.15, 0.2) is 103 Å². The molecule has 1 unspecified atom stereocenters. The number of hydrogen-bond donors (Lipinski definition) is 1. The smallest absolute Gasteiger partial charge is 0.220 e. The summed E-state index contributed by atoms with van der Waals surface area (Å²) in [6.45, 7) is 9.13. The first-order chi connectivity index (χ1) is 22.1. The van der Waals surface area contributed by atoms with Gasteiger partial charge in [-0.15, -0.1) is 0 Å². The summed E-state index contributed by atoms with van der Waals surface area (Å²) in [5.41, 5.74) is 2.52. The lowest BCUT2D eigenvalue weighted by atomic mass is 9.76. The zero-order valence-corrected chi connectivity index (χ0v) is 28.4. The fourth-order valence-corrected chi connectivity index (χ4v) is 6.19. The summed E-state index contributed by atoms with van der Waals surface area (Å²) in [6, 6.07) is 34.4. The van der Waals surface area contributed by atoms with Gasteiger partial charge in [0.2, 0.25) is 5.91 Å². The molecule has 0 saturated carbocycles. The fourth-order valence-electron chi connectivity index (χ4n) is 6.19. The number of carbonyl (C=O) groups excluding carboxylic acids is 1. The number of benzene rings is 4. The van der Waals surface area contributed by atoms with E-state index in [0.717, 1.165) is 52.3 Å². The van der Waals surface area contributed by atoms with Crippen LogP contribution in [-0.2, 0) is 21.6 Å². The topological polar surface area (TPSA) is 66.0 Å². The molecular formula is C40H49NO5. The monoisotopic (exact) mass is 623 g/mol. The van der Waals surface area contributed by atoms with Crippen molar-refractivity contribution in [2.45, 2.75) is 64.5 Å². The van der Waals surface area contributed by atoms with E-state index in [4.69, 9.17) is 18.9 Å². The number of aryl methyl sites for hydroxylation is 1. The Labute approximate surface area is 275 Å². The minimum Gasteiger partial charge on any atom is -0.497 e. The van der Waals surface area contributed by atoms with Crippen molar-refractivity contribution in [3.63, 3.8) is 0 Å². The number of methoxy groups -OCH3 is 3. The molecule has 0 spiro atoms. The second-order valence-electron chi connectivity index (χ2n) is 12.9. The molecule has 1 N–H and O–H groups in total. The van der Waals surface area contributed by atoms with E-state index in [9.17, 15) is 4.79 Å². The molecule has 1 amide bonds. The lowest BCUT2D eigenvalue weighted by Gasteiger charge is -2.42. The molecular weight excluding hydrogens is 574 g/mol. The highest BCUT2D eigenvalue weighted by molar-refractivity contribution is 5.77. The summed E-state index contributed by atoms with van der Waals surface area (Å²) in [7, 11) is 5.00. The molecule has 4 aromatic carbocycles. The third kappa shape index (κ3) is 8.49. The minimum atomic E-state index is -0.901. The van der Waals surface area contributed by atoms with Crippen molar-refractivity contribution in [2.24, 2.45) is 5.41 Å². The average molecular weight is 624 g/mol. The molecule has 1 atom stereocenters. The van der Waals surface area contributed by atoms with Crippen LogP contribution in [0, 0.1) is 5.41 Å². The summed E-state index contributed by atoms with van der Waals surface area (Å²) in [4.78, 5) is 13.2. The van der Waals surface area contributed by atoms with Crippen LogP contribution in [0.25, 0.3) is 0 Å². The SMILES string of the molecule is CCC(C)(CC(C)(C)COC(c1ccccc1)(c1ccc(OC)cc1)c1ccc(OC)cc1)NC(=O)CCc1ccc(OC)cc1. The van der Waals surface area contributed by atoms with Crippen LogP contribution in [0.3, 0.4) is 0 Å². The normalized spacial score (nSPS) is 13.0. The van der Waals surface area contributed by atoms with E-state index in [0.29, 0.717) is 19.4 Å². The van der Waals surface area contributed by atoms with Crippen molar-refractivity contribution < 1.29 is 23.7 Å². The highest BCUT2D eigenvalue weighted by Gasteiger charge is 2.41. The van der Waals surface area contributed by atoms with E-state index in [1.54, 1.807) is 21.3 Å². The van der Waals surface area contributed by atoms with Gasteiger partial charge in [0, 0.05) is 12.0 Å². The summed E-state index contributed by atoms with van der Waals surface area (Å²) in [5.74, 6) is 2.42. The predicted molar refractivity (Wildman–Crippen MR) is 185 cm³/mol. The molecule has 46 heavy (non-hydrogen) atoms. The van der Waals surface area contributed by atoms with Crippen LogP contribution in [0.1, 0.15) is 69.2 Å². The molecule has 6 nitrogen and oxygen atoms in total. The van der Waals surface area contributed by atoms with Crippen LogP contribution < -0.4 is 19.5 Å². The molecule has 0 saturated heterocycles. The standard InChI is InChI=1S/C40H49NO5/c1-8-39(4,41-37(42)27-16-30-14-21-34(43-5)22-15-30)28-38(2,3)29-46-40(31-12-10-9-11-13-31,32-17-23-35(44-6)24-18-32)33-19-25-36(45-7)26-20-33/h9-15,17-26H,8,16,27-29H2,1-7H3,(H,41,42). The summed E-state index contributed by atoms with van der Waals surface area (Å²) in [6.07, 6.45) is 2.63. The van der Waals surface area contributed by atoms with Gasteiger partial charge in [0.05, 0.1) is 27.9 Å². The van der Waals surface area contributed by atoms with Gasteiger partial charge in [-0.1, -0.05) is 87.5 Å². The Morgan fingerprint density at radius 2 is 1.11 bits per heavy atom. The van der Waals surface area contributed by atoms with E-state index in [-0.39, 0.29) is 11.3 Å². The van der Waals surface area contributed by atoms with Crippen molar-refractivity contribution in [3.8, 4) is 17.2 Å². The van der Waals surface area contributed by atoms with E-state index >= 15 is 0 Å². The number of nitrogens with one attached hydrogen (secondary N) is 1. The van der Waals surface area contributed by atoms with E-state index in [1.165, 1.54) is 0 Å². The maximum Gasteiger partial charge on any atom is 0.220 e. The maximum absolute atomic E-state index is 13.2. The van der Waals surface area contributed by atoms with Crippen molar-refractivity contribution in [2.75, 3.05) is 27.9 Å². The predicted octanol–water partition coefficient (Wildman–Crippen LogP) is 8.35. The maximum atomic E-state index is 13.2. The van der Waals surface area contributed by atoms with Crippen LogP contribution >= 0.6 is 0 Å². The van der Waals surface area contributed by atoms with Crippen molar-refractivity contribution in [1.82, 2.24) is 5.32 Å². The first-order valence-electron chi connectivity index (χ1n) is 16.0. The van der Waals surface area contributed by atoms with E-state index in [2.05, 4.69) is 69.4 Å². The van der Waals surface area contributed by atoms with Gasteiger partial charge in [-0.05, 0) is 90.3 Å². The van der Waals surface area contributed by atoms with Crippen LogP contribution in [0.5, 0.6) is 17.2 Å². The second kappa shape index (κ2) is 15.3. The second-order valence-corrected chi connectivity index (χ2v) is 12.9. The molecule has 0 aliphatic carbocycles. The molecule has 0 aliphatic heterocycles. The molecule has 244 valence electrons. The van der Waals surface area contributed by atoms with Crippen molar-refractivity contribution in [1.29, 1.82) is 0 Å². The number of hydrogen-bond acceptors (Lipinski definition) is 5. The molecule has 0 aromatic heterocycles. The van der Waals surface area contributed by atoms with Gasteiger partial charge in [-0.2, -0.15) is 0 Å². The van der Waals surface area contributed by atoms with Crippen molar-refractivity contribution >= 4 is 5.91 Å². The summed E-state index contributed by atoms with van der Waals surface area (Å²) < 4.78 is 23.5. The number of rotatable bonds is 16. The Kier molecular flexibility index (Phi) is 11.5. The quantitative estimate of drug-likeness (QED) is 0.127. The number of ether oxygens (including phenoxy) is 4. The first-order valence-corrected chi connectivity index (χ1v) is 16.0. The van der Waals surface area contributed by atoms with Crippen LogP contribution in [0.2, 0.25) is 0 Å². The molecule has 4 rings (SSSR count). The highest BCUT2D eigenvalue weighted by atomic mass is 16.5. The average Bonchev–Trinajstić information content (AvgIpc) is 3.08. The van der Waals surface area contributed by atoms with Gasteiger partial charge in [0.25, 0.3) is 0 Å². The van der Waals surface area contributed by atoms with Gasteiger partial charge in [-0.25, -0.2) is 0 Å². The fraction of sp³-hybridized carbons (Fsp3) is 0.375. The molecule has 0 heterocycles. The molecule has 0 fully saturated rings. The molecule has 0 bridgehead atoms. The van der Waals surface area contributed by atoms with Gasteiger partial charge < -0.3 is 24.3 Å². The van der Waals surface area contributed by atoms with Gasteiger partial charge in [-0.3, -0.25) is 4.79 Å². The Hall–Kier alpha value is -4.29. The third-order valence-electron chi connectivity index (χ3n) is 8.74. The van der Waals surface area contributed by atoms with Gasteiger partial charge >= 0.3 is 0 Å². The van der Waals surface area contributed by atoms with Crippen molar-refractivity contribution in [3.05, 3.63) is 125 Å².